The molecule has 0 spiro atoms. The van der Waals surface area contributed by atoms with Crippen molar-refractivity contribution in [2.75, 3.05) is 13.1 Å². The fraction of sp³-hybridized carbons (Fsp3) is 0.273. The first-order valence-electron chi connectivity index (χ1n) is 9.73. The molecule has 5 nitrogen and oxygen atoms in total. The summed E-state index contributed by atoms with van der Waals surface area (Å²) in [7, 11) is 0. The minimum Gasteiger partial charge on any atom is -0.357 e. The van der Waals surface area contributed by atoms with Gasteiger partial charge < -0.3 is 15.2 Å². The number of fused-ring (bicyclic) bond motifs is 3. The number of carbonyl (C=O) groups excluding carboxylic acids is 2. The molecule has 0 bridgehead atoms. The number of benzene rings is 2. The van der Waals surface area contributed by atoms with Crippen molar-refractivity contribution >= 4 is 38.6 Å². The number of nitrogens with zero attached hydrogens (tertiary/aromatic N) is 1. The van der Waals surface area contributed by atoms with Gasteiger partial charge in [-0.05, 0) is 40.5 Å². The Bertz CT molecular complexity index is 1130. The number of aromatic nitrogens is 1. The lowest BCUT2D eigenvalue weighted by Crippen LogP contribution is -2.36. The van der Waals surface area contributed by atoms with E-state index >= 15 is 0 Å². The monoisotopic (exact) mass is 475 g/mol. The number of rotatable bonds is 5. The van der Waals surface area contributed by atoms with E-state index in [1.54, 1.807) is 0 Å². The van der Waals surface area contributed by atoms with E-state index < -0.39 is 17.5 Å². The molecule has 1 aliphatic heterocycles. The largest absolute Gasteiger partial charge is 0.357 e. The highest BCUT2D eigenvalue weighted by atomic mass is 79.9. The minimum atomic E-state index is -0.905. The van der Waals surface area contributed by atoms with E-state index in [-0.39, 0.29) is 24.4 Å². The smallest absolute Gasteiger partial charge is 0.254 e. The summed E-state index contributed by atoms with van der Waals surface area (Å²) in [4.78, 5) is 29.9. The molecule has 0 atom stereocenters. The highest BCUT2D eigenvalue weighted by Gasteiger charge is 2.24. The van der Waals surface area contributed by atoms with Gasteiger partial charge in [0.05, 0.1) is 11.1 Å². The van der Waals surface area contributed by atoms with Crippen LogP contribution in [0.1, 0.15) is 34.5 Å². The summed E-state index contributed by atoms with van der Waals surface area (Å²) >= 11 is 3.56. The van der Waals surface area contributed by atoms with Crippen LogP contribution in [0.2, 0.25) is 0 Å². The van der Waals surface area contributed by atoms with Gasteiger partial charge in [0.1, 0.15) is 11.6 Å². The third-order valence-electron chi connectivity index (χ3n) is 5.34. The maximum atomic E-state index is 13.6. The van der Waals surface area contributed by atoms with Crippen LogP contribution in [0.25, 0.3) is 10.9 Å². The van der Waals surface area contributed by atoms with Crippen LogP contribution in [0.5, 0.6) is 0 Å². The summed E-state index contributed by atoms with van der Waals surface area (Å²) in [5.74, 6) is -2.24. The van der Waals surface area contributed by atoms with E-state index in [1.165, 1.54) is 0 Å². The predicted molar refractivity (Wildman–Crippen MR) is 113 cm³/mol. The number of amides is 2. The van der Waals surface area contributed by atoms with Crippen molar-refractivity contribution in [3.05, 3.63) is 69.3 Å². The zero-order valence-corrected chi connectivity index (χ0v) is 17.7. The van der Waals surface area contributed by atoms with Gasteiger partial charge in [0, 0.05) is 59.7 Å². The molecule has 8 heteroatoms. The lowest BCUT2D eigenvalue weighted by molar-refractivity contribution is -0.132. The second kappa shape index (κ2) is 8.55. The molecular formula is C22H20BrF2N3O2. The third-order valence-corrected chi connectivity index (χ3v) is 6.00. The Kier molecular flexibility index (Phi) is 5.85. The molecule has 2 heterocycles. The van der Waals surface area contributed by atoms with Gasteiger partial charge in [-0.3, -0.25) is 9.59 Å². The molecule has 0 saturated carbocycles. The van der Waals surface area contributed by atoms with Crippen LogP contribution < -0.4 is 5.32 Å². The van der Waals surface area contributed by atoms with Crippen LogP contribution in [0, 0.1) is 11.6 Å². The number of hydrogen-bond acceptors (Lipinski definition) is 2. The average Bonchev–Trinajstić information content (AvgIpc) is 3.10. The molecule has 1 aromatic heterocycles. The van der Waals surface area contributed by atoms with Gasteiger partial charge >= 0.3 is 0 Å². The van der Waals surface area contributed by atoms with E-state index in [4.69, 9.17) is 0 Å². The normalized spacial score (nSPS) is 13.4. The van der Waals surface area contributed by atoms with Gasteiger partial charge in [-0.25, -0.2) is 8.78 Å². The summed E-state index contributed by atoms with van der Waals surface area (Å²) < 4.78 is 27.6. The topological polar surface area (TPSA) is 65.2 Å². The molecule has 2 amide bonds. The molecule has 0 aliphatic carbocycles. The van der Waals surface area contributed by atoms with Crippen LogP contribution in [0.3, 0.4) is 0 Å². The van der Waals surface area contributed by atoms with Gasteiger partial charge in [0.2, 0.25) is 5.91 Å². The number of hydrogen-bond donors (Lipinski definition) is 2. The number of aromatic amines is 1. The van der Waals surface area contributed by atoms with Crippen molar-refractivity contribution in [1.29, 1.82) is 0 Å². The fourth-order valence-corrected chi connectivity index (χ4v) is 4.25. The fourth-order valence-electron chi connectivity index (χ4n) is 3.78. The predicted octanol–water partition coefficient (Wildman–Crippen LogP) is 4.30. The van der Waals surface area contributed by atoms with E-state index in [0.717, 1.165) is 45.2 Å². The Hall–Kier alpha value is -2.74. The number of para-hydroxylation sites is 1. The minimum absolute atomic E-state index is 0.0206. The third kappa shape index (κ3) is 4.09. The number of halogens is 3. The first kappa shape index (κ1) is 20.5. The quantitative estimate of drug-likeness (QED) is 0.540. The van der Waals surface area contributed by atoms with Gasteiger partial charge in [-0.15, -0.1) is 0 Å². The lowest BCUT2D eigenvalue weighted by atomic mass is 10.0. The Morgan fingerprint density at radius 1 is 1.20 bits per heavy atom. The number of carbonyl (C=O) groups is 2. The van der Waals surface area contributed by atoms with Gasteiger partial charge in [0.15, 0.2) is 0 Å². The molecule has 0 unspecified atom stereocenters. The van der Waals surface area contributed by atoms with Crippen LogP contribution in [-0.2, 0) is 17.8 Å². The second-order valence-electron chi connectivity index (χ2n) is 7.29. The van der Waals surface area contributed by atoms with E-state index in [2.05, 4.69) is 26.2 Å². The number of H-pyrrole nitrogens is 1. The molecule has 2 N–H and O–H groups in total. The van der Waals surface area contributed by atoms with Gasteiger partial charge in [-0.1, -0.05) is 12.1 Å². The van der Waals surface area contributed by atoms with Gasteiger partial charge in [0.25, 0.3) is 5.91 Å². The number of nitrogens with one attached hydrogen (secondary N) is 2. The lowest BCUT2D eigenvalue weighted by Gasteiger charge is -2.27. The van der Waals surface area contributed by atoms with Crippen LogP contribution in [-0.4, -0.2) is 34.8 Å². The van der Waals surface area contributed by atoms with Crippen molar-refractivity contribution in [3.8, 4) is 0 Å². The van der Waals surface area contributed by atoms with E-state index in [9.17, 15) is 18.4 Å². The highest BCUT2D eigenvalue weighted by Crippen LogP contribution is 2.32. The van der Waals surface area contributed by atoms with Crippen molar-refractivity contribution in [3.63, 3.8) is 0 Å². The molecule has 3 aromatic rings. The Labute approximate surface area is 180 Å². The van der Waals surface area contributed by atoms with Crippen molar-refractivity contribution in [2.45, 2.75) is 25.8 Å². The maximum Gasteiger partial charge on any atom is 0.254 e. The Balaban J connectivity index is 1.30. The summed E-state index contributed by atoms with van der Waals surface area (Å²) in [5.41, 5.74) is 3.14. The average molecular weight is 476 g/mol. The summed E-state index contributed by atoms with van der Waals surface area (Å²) in [6.07, 6.45) is 1.49. The molecule has 0 fully saturated rings. The summed E-state index contributed by atoms with van der Waals surface area (Å²) in [6.45, 7) is 1.43. The Morgan fingerprint density at radius 3 is 2.83 bits per heavy atom. The second-order valence-corrected chi connectivity index (χ2v) is 8.15. The SMILES string of the molecule is O=C(NCCCC(=O)N1CCc2[nH]c3c(Br)cccc3c2C1)c1ccc(F)cc1F. The maximum absolute atomic E-state index is 13.6. The molecule has 156 valence electrons. The van der Waals surface area contributed by atoms with Crippen LogP contribution in [0.15, 0.2) is 40.9 Å². The van der Waals surface area contributed by atoms with Crippen molar-refractivity contribution in [2.24, 2.45) is 0 Å². The molecular weight excluding hydrogens is 456 g/mol. The highest BCUT2D eigenvalue weighted by molar-refractivity contribution is 9.10. The zero-order chi connectivity index (χ0) is 21.3. The molecule has 1 aliphatic rings. The molecule has 2 aromatic carbocycles. The van der Waals surface area contributed by atoms with Crippen molar-refractivity contribution in [1.82, 2.24) is 15.2 Å². The first-order valence-corrected chi connectivity index (χ1v) is 10.5. The molecule has 30 heavy (non-hydrogen) atoms. The van der Waals surface area contributed by atoms with Crippen molar-refractivity contribution < 1.29 is 18.4 Å². The van der Waals surface area contributed by atoms with Crippen LogP contribution in [0.4, 0.5) is 8.78 Å². The van der Waals surface area contributed by atoms with Crippen LogP contribution >= 0.6 is 15.9 Å². The Morgan fingerprint density at radius 2 is 2.03 bits per heavy atom. The molecule has 0 radical (unpaired) electrons. The molecule has 4 rings (SSSR count). The standard InChI is InChI=1S/C22H20BrF2N3O2/c23-17-4-1-3-14-16-12-28(10-8-19(16)27-21(14)17)20(29)5-2-9-26-22(30)15-7-6-13(24)11-18(15)25/h1,3-4,6-7,11,27H,2,5,8-10,12H2,(H,26,30). The van der Waals surface area contributed by atoms with E-state index in [1.807, 2.05) is 23.1 Å². The summed E-state index contributed by atoms with van der Waals surface area (Å²) in [5, 5.41) is 3.69. The molecule has 0 saturated heterocycles. The van der Waals surface area contributed by atoms with Gasteiger partial charge in [-0.2, -0.15) is 0 Å². The van der Waals surface area contributed by atoms with E-state index in [0.29, 0.717) is 25.6 Å². The zero-order valence-electron chi connectivity index (χ0n) is 16.1. The first-order chi connectivity index (χ1) is 14.4. The summed E-state index contributed by atoms with van der Waals surface area (Å²) in [6, 6.07) is 8.83.